The Kier molecular flexibility index (Phi) is 5.85. The minimum absolute atomic E-state index is 0.428. The van der Waals surface area contributed by atoms with Gasteiger partial charge in [-0.25, -0.2) is 13.8 Å². The molecule has 2 N–H and O–H groups in total. The van der Waals surface area contributed by atoms with E-state index < -0.39 is 11.6 Å². The van der Waals surface area contributed by atoms with Crippen LogP contribution in [0.2, 0.25) is 0 Å². The van der Waals surface area contributed by atoms with E-state index in [-0.39, 0.29) is 0 Å². The van der Waals surface area contributed by atoms with Crippen LogP contribution in [0.5, 0.6) is 0 Å². The number of nitrogens with zero attached hydrogens (tertiary/aromatic N) is 3. The average Bonchev–Trinajstić information content (AvgIpc) is 3.12. The summed E-state index contributed by atoms with van der Waals surface area (Å²) in [5, 5.41) is 10.3. The van der Waals surface area contributed by atoms with Crippen LogP contribution < -0.4 is 5.32 Å². The van der Waals surface area contributed by atoms with Crippen molar-refractivity contribution >= 4 is 11.6 Å². The molecule has 1 saturated heterocycles. The third-order valence-electron chi connectivity index (χ3n) is 5.40. The highest BCUT2D eigenvalue weighted by atomic mass is 19.2. The number of benzene rings is 1. The van der Waals surface area contributed by atoms with Gasteiger partial charge in [0.05, 0.1) is 0 Å². The minimum atomic E-state index is -0.776. The number of hydrogen-bond acceptors (Lipinski definition) is 4. The fraction of sp³-hybridized carbons (Fsp3) is 0.364. The Bertz CT molecular complexity index is 963. The molecule has 1 fully saturated rings. The predicted molar refractivity (Wildman–Crippen MR) is 109 cm³/mol. The van der Waals surface area contributed by atoms with E-state index in [4.69, 9.17) is 4.98 Å². The topological polar surface area (TPSA) is 56.8 Å². The van der Waals surface area contributed by atoms with Gasteiger partial charge in [0.2, 0.25) is 0 Å². The second kappa shape index (κ2) is 8.69. The lowest BCUT2D eigenvalue weighted by atomic mass is 9.91. The van der Waals surface area contributed by atoms with Crippen molar-refractivity contribution in [2.75, 3.05) is 18.4 Å². The molecule has 0 spiro atoms. The van der Waals surface area contributed by atoms with E-state index in [2.05, 4.69) is 26.5 Å². The van der Waals surface area contributed by atoms with E-state index in [9.17, 15) is 8.78 Å². The molecule has 1 aliphatic rings. The predicted octanol–water partition coefficient (Wildman–Crippen LogP) is 4.59. The summed E-state index contributed by atoms with van der Waals surface area (Å²) in [6.07, 6.45) is 2.96. The summed E-state index contributed by atoms with van der Waals surface area (Å²) in [5.74, 6) is 0.578. The fourth-order valence-corrected chi connectivity index (χ4v) is 3.83. The second-order valence-electron chi connectivity index (χ2n) is 7.71. The molecule has 0 aliphatic carbocycles. The van der Waals surface area contributed by atoms with Gasteiger partial charge < -0.3 is 5.32 Å². The second-order valence-corrected chi connectivity index (χ2v) is 7.71. The van der Waals surface area contributed by atoms with Gasteiger partial charge >= 0.3 is 0 Å². The molecular formula is C22H25F2N5. The largest absolute Gasteiger partial charge is 0.323 e. The molecule has 3 heterocycles. The molecule has 0 amide bonds. The molecule has 7 heteroatoms. The molecule has 29 heavy (non-hydrogen) atoms. The standard InChI is InChI=1S/C22H25F2N5/c1-15-12-21(28-27-15)26-20-7-3-5-18(25-20)13-16-8-10-29(11-9-16)14-17-4-2-6-19(23)22(17)24/h2-7,12,16H,8-11,13-14H2,1H3,(H2,25,26,27,28). The Morgan fingerprint density at radius 2 is 1.90 bits per heavy atom. The Morgan fingerprint density at radius 1 is 1.10 bits per heavy atom. The summed E-state index contributed by atoms with van der Waals surface area (Å²) < 4.78 is 27.3. The molecule has 0 bridgehead atoms. The number of H-pyrrole nitrogens is 1. The lowest BCUT2D eigenvalue weighted by Crippen LogP contribution is -2.34. The first-order valence-electron chi connectivity index (χ1n) is 9.97. The zero-order valence-corrected chi connectivity index (χ0v) is 16.5. The number of hydrogen-bond donors (Lipinski definition) is 2. The third kappa shape index (κ3) is 4.98. The normalized spacial score (nSPS) is 15.6. The average molecular weight is 397 g/mol. The van der Waals surface area contributed by atoms with Gasteiger partial charge in [-0.3, -0.25) is 10.00 Å². The molecule has 1 aliphatic heterocycles. The molecular weight excluding hydrogens is 372 g/mol. The molecule has 1 aromatic carbocycles. The first kappa shape index (κ1) is 19.5. The van der Waals surface area contributed by atoms with E-state index in [0.29, 0.717) is 18.0 Å². The molecule has 2 aromatic heterocycles. The number of nitrogens with one attached hydrogen (secondary N) is 2. The fourth-order valence-electron chi connectivity index (χ4n) is 3.83. The van der Waals surface area contributed by atoms with Gasteiger partial charge in [-0.05, 0) is 63.4 Å². The van der Waals surface area contributed by atoms with E-state index >= 15 is 0 Å². The molecule has 3 aromatic rings. The maximum absolute atomic E-state index is 13.9. The molecule has 0 atom stereocenters. The molecule has 152 valence electrons. The summed E-state index contributed by atoms with van der Waals surface area (Å²) in [6, 6.07) is 12.3. The van der Waals surface area contributed by atoms with Crippen LogP contribution in [-0.4, -0.2) is 33.2 Å². The number of rotatable bonds is 6. The molecule has 5 nitrogen and oxygen atoms in total. The van der Waals surface area contributed by atoms with E-state index in [0.717, 1.165) is 61.4 Å². The number of pyridine rings is 1. The molecule has 0 saturated carbocycles. The minimum Gasteiger partial charge on any atom is -0.323 e. The van der Waals surface area contributed by atoms with Crippen LogP contribution in [0.1, 0.15) is 29.8 Å². The monoisotopic (exact) mass is 397 g/mol. The summed E-state index contributed by atoms with van der Waals surface area (Å²) in [5.41, 5.74) is 2.47. The number of aromatic nitrogens is 3. The van der Waals surface area contributed by atoms with Gasteiger partial charge in [-0.1, -0.05) is 18.2 Å². The summed E-state index contributed by atoms with van der Waals surface area (Å²) in [4.78, 5) is 6.90. The summed E-state index contributed by atoms with van der Waals surface area (Å²) in [6.45, 7) is 4.17. The number of piperidine rings is 1. The lowest BCUT2D eigenvalue weighted by molar-refractivity contribution is 0.174. The van der Waals surface area contributed by atoms with Crippen LogP contribution in [0.15, 0.2) is 42.5 Å². The van der Waals surface area contributed by atoms with Gasteiger partial charge in [0.25, 0.3) is 0 Å². The molecule has 4 rings (SSSR count). The maximum atomic E-state index is 13.9. The summed E-state index contributed by atoms with van der Waals surface area (Å²) >= 11 is 0. The van der Waals surface area contributed by atoms with Crippen molar-refractivity contribution in [1.29, 1.82) is 0 Å². The number of likely N-dealkylation sites (tertiary alicyclic amines) is 1. The molecule has 0 radical (unpaired) electrons. The first-order valence-corrected chi connectivity index (χ1v) is 9.97. The van der Waals surface area contributed by atoms with Gasteiger partial charge in [-0.2, -0.15) is 5.10 Å². The van der Waals surface area contributed by atoms with E-state index in [1.54, 1.807) is 12.1 Å². The SMILES string of the molecule is Cc1cc(Nc2cccc(CC3CCN(Cc4cccc(F)c4F)CC3)n2)n[nH]1. The van der Waals surface area contributed by atoms with Gasteiger partial charge in [-0.15, -0.1) is 0 Å². The zero-order valence-electron chi connectivity index (χ0n) is 16.5. The zero-order chi connectivity index (χ0) is 20.2. The van der Waals surface area contributed by atoms with Crippen molar-refractivity contribution < 1.29 is 8.78 Å². The Balaban J connectivity index is 1.30. The van der Waals surface area contributed by atoms with Crippen LogP contribution in [-0.2, 0) is 13.0 Å². The number of halogens is 2. The van der Waals surface area contributed by atoms with Crippen molar-refractivity contribution in [3.8, 4) is 0 Å². The first-order chi connectivity index (χ1) is 14.1. The van der Waals surface area contributed by atoms with Gasteiger partial charge in [0, 0.05) is 29.6 Å². The highest BCUT2D eigenvalue weighted by Crippen LogP contribution is 2.24. The Morgan fingerprint density at radius 3 is 2.66 bits per heavy atom. The smallest absolute Gasteiger partial charge is 0.163 e. The highest BCUT2D eigenvalue weighted by Gasteiger charge is 2.21. The lowest BCUT2D eigenvalue weighted by Gasteiger charge is -2.32. The molecule has 0 unspecified atom stereocenters. The van der Waals surface area contributed by atoms with Crippen molar-refractivity contribution in [2.45, 2.75) is 32.7 Å². The van der Waals surface area contributed by atoms with Crippen molar-refractivity contribution in [3.05, 3.63) is 71.1 Å². The number of aryl methyl sites for hydroxylation is 1. The van der Waals surface area contributed by atoms with E-state index in [1.807, 2.05) is 25.1 Å². The van der Waals surface area contributed by atoms with Crippen LogP contribution in [0, 0.1) is 24.5 Å². The van der Waals surface area contributed by atoms with Crippen LogP contribution in [0.4, 0.5) is 20.4 Å². The van der Waals surface area contributed by atoms with Crippen LogP contribution >= 0.6 is 0 Å². The van der Waals surface area contributed by atoms with Crippen molar-refractivity contribution in [1.82, 2.24) is 20.1 Å². The van der Waals surface area contributed by atoms with Crippen molar-refractivity contribution in [3.63, 3.8) is 0 Å². The van der Waals surface area contributed by atoms with Crippen LogP contribution in [0.3, 0.4) is 0 Å². The summed E-state index contributed by atoms with van der Waals surface area (Å²) in [7, 11) is 0. The Hall–Kier alpha value is -2.80. The number of aromatic amines is 1. The number of anilines is 2. The maximum Gasteiger partial charge on any atom is 0.163 e. The van der Waals surface area contributed by atoms with Crippen LogP contribution in [0.25, 0.3) is 0 Å². The van der Waals surface area contributed by atoms with Gasteiger partial charge in [0.1, 0.15) is 5.82 Å². The van der Waals surface area contributed by atoms with E-state index in [1.165, 1.54) is 0 Å². The third-order valence-corrected chi connectivity index (χ3v) is 5.40. The van der Waals surface area contributed by atoms with Crippen molar-refractivity contribution in [2.24, 2.45) is 5.92 Å². The Labute approximate surface area is 169 Å². The van der Waals surface area contributed by atoms with Gasteiger partial charge in [0.15, 0.2) is 17.5 Å². The highest BCUT2D eigenvalue weighted by molar-refractivity contribution is 5.51. The quantitative estimate of drug-likeness (QED) is 0.639.